The van der Waals surface area contributed by atoms with E-state index in [2.05, 4.69) is 22.6 Å². The molecule has 6 heteroatoms. The standard InChI is InChI=1S/C23H18INO4/c24-17-10-8-16(9-11-17)20-19(21(26)18-7-4-14-29-18)22(27)23(28)25(20)13-12-15-5-2-1-3-6-15/h1-11,14,20,27H,12-13H2. The van der Waals surface area contributed by atoms with Crippen molar-refractivity contribution in [3.05, 3.63) is 105 Å². The third-order valence-corrected chi connectivity index (χ3v) is 5.68. The number of hydrogen-bond donors (Lipinski definition) is 1. The highest BCUT2D eigenvalue weighted by molar-refractivity contribution is 14.1. The Hall–Kier alpha value is -2.87. The maximum atomic E-state index is 13.0. The molecule has 0 radical (unpaired) electrons. The van der Waals surface area contributed by atoms with Crippen molar-refractivity contribution in [1.82, 2.24) is 4.90 Å². The van der Waals surface area contributed by atoms with Gasteiger partial charge in [-0.2, -0.15) is 0 Å². The Bertz CT molecular complexity index is 1060. The second-order valence-electron chi connectivity index (χ2n) is 6.76. The maximum absolute atomic E-state index is 13.0. The summed E-state index contributed by atoms with van der Waals surface area (Å²) in [6, 6.07) is 19.9. The van der Waals surface area contributed by atoms with Crippen LogP contribution in [0.1, 0.15) is 27.7 Å². The Balaban J connectivity index is 1.71. The van der Waals surface area contributed by atoms with Crippen LogP contribution in [0, 0.1) is 3.57 Å². The number of rotatable bonds is 6. The van der Waals surface area contributed by atoms with Crippen molar-refractivity contribution in [2.75, 3.05) is 6.54 Å². The highest BCUT2D eigenvalue weighted by Gasteiger charge is 2.44. The van der Waals surface area contributed by atoms with Crippen LogP contribution in [0.25, 0.3) is 0 Å². The van der Waals surface area contributed by atoms with Gasteiger partial charge in [-0.05, 0) is 64.4 Å². The summed E-state index contributed by atoms with van der Waals surface area (Å²) in [5, 5.41) is 10.6. The van der Waals surface area contributed by atoms with Gasteiger partial charge in [-0.3, -0.25) is 9.59 Å². The molecule has 1 unspecified atom stereocenters. The highest BCUT2D eigenvalue weighted by Crippen LogP contribution is 2.39. The molecule has 0 saturated carbocycles. The molecule has 3 aromatic rings. The summed E-state index contributed by atoms with van der Waals surface area (Å²) < 4.78 is 6.27. The van der Waals surface area contributed by atoms with Gasteiger partial charge in [-0.15, -0.1) is 0 Å². The number of aliphatic hydroxyl groups excluding tert-OH is 1. The van der Waals surface area contributed by atoms with Crippen LogP contribution in [0.15, 0.2) is 88.7 Å². The monoisotopic (exact) mass is 499 g/mol. The first-order valence-electron chi connectivity index (χ1n) is 9.18. The van der Waals surface area contributed by atoms with E-state index in [0.29, 0.717) is 13.0 Å². The number of nitrogens with zero attached hydrogens (tertiary/aromatic N) is 1. The molecule has 2 heterocycles. The predicted octanol–water partition coefficient (Wildman–Crippen LogP) is 4.71. The van der Waals surface area contributed by atoms with E-state index in [0.717, 1.165) is 14.7 Å². The number of halogens is 1. The number of benzene rings is 2. The summed E-state index contributed by atoms with van der Waals surface area (Å²) in [7, 11) is 0. The minimum absolute atomic E-state index is 0.0548. The predicted molar refractivity (Wildman–Crippen MR) is 116 cm³/mol. The second kappa shape index (κ2) is 8.24. The first kappa shape index (κ1) is 19.4. The molecule has 1 aromatic heterocycles. The molecule has 0 fully saturated rings. The van der Waals surface area contributed by atoms with E-state index in [1.165, 1.54) is 12.3 Å². The summed E-state index contributed by atoms with van der Waals surface area (Å²) in [6.07, 6.45) is 2.01. The Morgan fingerprint density at radius 1 is 1.03 bits per heavy atom. The molecular formula is C23H18INO4. The lowest BCUT2D eigenvalue weighted by Crippen LogP contribution is -2.33. The molecule has 146 valence electrons. The van der Waals surface area contributed by atoms with Crippen molar-refractivity contribution >= 4 is 34.3 Å². The van der Waals surface area contributed by atoms with Gasteiger partial charge in [-0.25, -0.2) is 0 Å². The molecule has 29 heavy (non-hydrogen) atoms. The van der Waals surface area contributed by atoms with Crippen LogP contribution >= 0.6 is 22.6 Å². The third kappa shape index (κ3) is 3.85. The minimum atomic E-state index is -0.666. The van der Waals surface area contributed by atoms with Gasteiger partial charge in [0.25, 0.3) is 5.91 Å². The van der Waals surface area contributed by atoms with E-state index in [1.54, 1.807) is 11.0 Å². The lowest BCUT2D eigenvalue weighted by molar-refractivity contribution is -0.129. The number of Topliss-reactive ketones (excluding diaryl/α,β-unsaturated/α-hetero) is 1. The van der Waals surface area contributed by atoms with Crippen molar-refractivity contribution in [1.29, 1.82) is 0 Å². The molecule has 1 aliphatic heterocycles. The van der Waals surface area contributed by atoms with Crippen molar-refractivity contribution in [2.45, 2.75) is 12.5 Å². The zero-order valence-corrected chi connectivity index (χ0v) is 17.6. The number of carbonyl (C=O) groups is 2. The molecule has 4 rings (SSSR count). The number of amides is 1. The summed E-state index contributed by atoms with van der Waals surface area (Å²) in [6.45, 7) is 0.374. The molecule has 1 aliphatic rings. The molecular weight excluding hydrogens is 481 g/mol. The normalized spacial score (nSPS) is 16.5. The second-order valence-corrected chi connectivity index (χ2v) is 8.00. The number of furan rings is 1. The van der Waals surface area contributed by atoms with E-state index >= 15 is 0 Å². The van der Waals surface area contributed by atoms with Crippen LogP contribution < -0.4 is 0 Å². The van der Waals surface area contributed by atoms with Gasteiger partial charge in [0.2, 0.25) is 5.78 Å². The fourth-order valence-corrected chi connectivity index (χ4v) is 3.90. The smallest absolute Gasteiger partial charge is 0.290 e. The van der Waals surface area contributed by atoms with Gasteiger partial charge in [0.05, 0.1) is 17.9 Å². The number of ketones is 1. The van der Waals surface area contributed by atoms with Gasteiger partial charge in [0.1, 0.15) is 0 Å². The fraction of sp³-hybridized carbons (Fsp3) is 0.130. The van der Waals surface area contributed by atoms with Gasteiger partial charge in [0, 0.05) is 10.1 Å². The van der Waals surface area contributed by atoms with E-state index in [4.69, 9.17) is 4.42 Å². The lowest BCUT2D eigenvalue weighted by atomic mass is 9.95. The van der Waals surface area contributed by atoms with Gasteiger partial charge in [0.15, 0.2) is 11.5 Å². The molecule has 2 aromatic carbocycles. The van der Waals surface area contributed by atoms with Crippen LogP contribution in [0.5, 0.6) is 0 Å². The first-order chi connectivity index (χ1) is 14.1. The van der Waals surface area contributed by atoms with Crippen LogP contribution in [0.3, 0.4) is 0 Å². The van der Waals surface area contributed by atoms with Crippen molar-refractivity contribution in [3.8, 4) is 0 Å². The molecule has 1 N–H and O–H groups in total. The quantitative estimate of drug-likeness (QED) is 0.394. The number of aliphatic hydroxyl groups is 1. The Morgan fingerprint density at radius 2 is 1.76 bits per heavy atom. The van der Waals surface area contributed by atoms with E-state index in [1.807, 2.05) is 54.6 Å². The molecule has 5 nitrogen and oxygen atoms in total. The molecule has 0 saturated heterocycles. The van der Waals surface area contributed by atoms with Gasteiger partial charge in [-0.1, -0.05) is 42.5 Å². The van der Waals surface area contributed by atoms with E-state index < -0.39 is 23.5 Å². The summed E-state index contributed by atoms with van der Waals surface area (Å²) in [4.78, 5) is 27.5. The van der Waals surface area contributed by atoms with Crippen LogP contribution in [0.2, 0.25) is 0 Å². The zero-order chi connectivity index (χ0) is 20.4. The van der Waals surface area contributed by atoms with Crippen LogP contribution in [-0.4, -0.2) is 28.2 Å². The fourth-order valence-electron chi connectivity index (χ4n) is 3.54. The van der Waals surface area contributed by atoms with Gasteiger partial charge >= 0.3 is 0 Å². The average Bonchev–Trinajstić information content (AvgIpc) is 3.36. The minimum Gasteiger partial charge on any atom is -0.503 e. The zero-order valence-electron chi connectivity index (χ0n) is 15.4. The molecule has 0 bridgehead atoms. The van der Waals surface area contributed by atoms with Crippen LogP contribution in [0.4, 0.5) is 0 Å². The van der Waals surface area contributed by atoms with Crippen molar-refractivity contribution in [3.63, 3.8) is 0 Å². The largest absolute Gasteiger partial charge is 0.503 e. The first-order valence-corrected chi connectivity index (χ1v) is 10.3. The average molecular weight is 499 g/mol. The Morgan fingerprint density at radius 3 is 2.41 bits per heavy atom. The van der Waals surface area contributed by atoms with Gasteiger partial charge < -0.3 is 14.4 Å². The maximum Gasteiger partial charge on any atom is 0.290 e. The SMILES string of the molecule is O=C(C1=C(O)C(=O)N(CCc2ccccc2)C1c1ccc(I)cc1)c1ccco1. The summed E-state index contributed by atoms with van der Waals surface area (Å²) in [5.41, 5.74) is 1.90. The molecule has 0 spiro atoms. The highest BCUT2D eigenvalue weighted by atomic mass is 127. The Kier molecular flexibility index (Phi) is 5.53. The molecule has 1 amide bonds. The topological polar surface area (TPSA) is 70.8 Å². The van der Waals surface area contributed by atoms with Crippen molar-refractivity contribution in [2.24, 2.45) is 0 Å². The van der Waals surface area contributed by atoms with Crippen LogP contribution in [-0.2, 0) is 11.2 Å². The molecule has 0 aliphatic carbocycles. The van der Waals surface area contributed by atoms with E-state index in [-0.39, 0.29) is 11.3 Å². The van der Waals surface area contributed by atoms with Crippen molar-refractivity contribution < 1.29 is 19.1 Å². The summed E-state index contributed by atoms with van der Waals surface area (Å²) >= 11 is 2.20. The Labute approximate surface area is 181 Å². The number of hydrogen-bond acceptors (Lipinski definition) is 4. The van der Waals surface area contributed by atoms with E-state index in [9.17, 15) is 14.7 Å². The number of carbonyl (C=O) groups excluding carboxylic acids is 2. The third-order valence-electron chi connectivity index (χ3n) is 4.96. The summed E-state index contributed by atoms with van der Waals surface area (Å²) in [5.74, 6) is -1.44. The lowest BCUT2D eigenvalue weighted by Gasteiger charge is -2.26. The molecule has 1 atom stereocenters.